The minimum atomic E-state index is -0.391. The van der Waals surface area contributed by atoms with Gasteiger partial charge in [0.05, 0.1) is 16.6 Å². The van der Waals surface area contributed by atoms with Crippen LogP contribution < -0.4 is 11.2 Å². The monoisotopic (exact) mass is 380 g/mol. The number of thioether (sulfide) groups is 1. The van der Waals surface area contributed by atoms with Gasteiger partial charge >= 0.3 is 5.69 Å². The highest BCUT2D eigenvalue weighted by Gasteiger charge is 2.10. The first-order valence-corrected chi connectivity index (χ1v) is 9.41. The normalized spacial score (nSPS) is 11.1. The van der Waals surface area contributed by atoms with Crippen molar-refractivity contribution >= 4 is 22.7 Å². The molecule has 0 spiro atoms. The van der Waals surface area contributed by atoms with Gasteiger partial charge in [0.15, 0.2) is 0 Å². The highest BCUT2D eigenvalue weighted by atomic mass is 32.2. The zero-order chi connectivity index (χ0) is 18.6. The van der Waals surface area contributed by atoms with Crippen molar-refractivity contribution in [2.75, 3.05) is 5.75 Å². The Morgan fingerprint density at radius 3 is 2.63 bits per heavy atom. The third kappa shape index (κ3) is 3.54. The van der Waals surface area contributed by atoms with Crippen molar-refractivity contribution in [3.8, 4) is 5.69 Å². The molecule has 0 bridgehead atoms. The number of rotatable bonds is 6. The van der Waals surface area contributed by atoms with E-state index in [9.17, 15) is 9.59 Å². The molecule has 4 aromatic rings. The first-order chi connectivity index (χ1) is 13.2. The average molecular weight is 380 g/mol. The third-order valence-corrected chi connectivity index (χ3v) is 5.09. The molecule has 0 unspecified atom stereocenters. The lowest BCUT2D eigenvalue weighted by molar-refractivity contribution is 0.626. The first kappa shape index (κ1) is 17.2. The van der Waals surface area contributed by atoms with E-state index < -0.39 is 5.69 Å². The molecule has 2 aromatic carbocycles. The lowest BCUT2D eigenvalue weighted by Gasteiger charge is -2.06. The van der Waals surface area contributed by atoms with Crippen LogP contribution in [0, 0.1) is 0 Å². The standard InChI is InChI=1S/C18H16N6O2S/c25-16-14-9-4-5-10-15(14)19-17(26)23(16)11-6-12-27-18-20-21-22-24(18)13-7-2-1-3-8-13/h1-5,7-10H,6,11-12H2,(H,19,26). The quantitative estimate of drug-likeness (QED) is 0.405. The molecular formula is C18H16N6O2S. The van der Waals surface area contributed by atoms with Crippen LogP contribution >= 0.6 is 11.8 Å². The second kappa shape index (κ2) is 7.58. The molecule has 8 nitrogen and oxygen atoms in total. The van der Waals surface area contributed by atoms with E-state index in [4.69, 9.17) is 0 Å². The number of aromatic amines is 1. The Morgan fingerprint density at radius 1 is 1.00 bits per heavy atom. The first-order valence-electron chi connectivity index (χ1n) is 8.42. The maximum atomic E-state index is 12.5. The van der Waals surface area contributed by atoms with E-state index in [1.54, 1.807) is 28.9 Å². The number of benzene rings is 2. The molecule has 0 aliphatic carbocycles. The molecule has 0 saturated heterocycles. The smallest absolute Gasteiger partial charge is 0.307 e. The molecular weight excluding hydrogens is 364 g/mol. The van der Waals surface area contributed by atoms with Gasteiger partial charge in [0.1, 0.15) is 0 Å². The van der Waals surface area contributed by atoms with Crippen LogP contribution in [0.5, 0.6) is 0 Å². The van der Waals surface area contributed by atoms with Crippen LogP contribution in [0.3, 0.4) is 0 Å². The highest BCUT2D eigenvalue weighted by Crippen LogP contribution is 2.18. The number of nitrogens with zero attached hydrogens (tertiary/aromatic N) is 5. The summed E-state index contributed by atoms with van der Waals surface area (Å²) in [4.78, 5) is 27.4. The van der Waals surface area contributed by atoms with Crippen LogP contribution in [0.15, 0.2) is 69.3 Å². The third-order valence-electron chi connectivity index (χ3n) is 4.09. The molecule has 2 heterocycles. The Morgan fingerprint density at radius 2 is 1.78 bits per heavy atom. The summed E-state index contributed by atoms with van der Waals surface area (Å²) in [6.45, 7) is 0.332. The Balaban J connectivity index is 1.45. The maximum absolute atomic E-state index is 12.5. The van der Waals surface area contributed by atoms with Gasteiger partial charge in [-0.2, -0.15) is 4.68 Å². The van der Waals surface area contributed by atoms with Gasteiger partial charge in [0.25, 0.3) is 5.56 Å². The van der Waals surface area contributed by atoms with Crippen molar-refractivity contribution in [1.29, 1.82) is 0 Å². The molecule has 27 heavy (non-hydrogen) atoms. The van der Waals surface area contributed by atoms with E-state index >= 15 is 0 Å². The largest absolute Gasteiger partial charge is 0.328 e. The fraction of sp³-hybridized carbons (Fsp3) is 0.167. The van der Waals surface area contributed by atoms with Gasteiger partial charge < -0.3 is 4.98 Å². The number of hydrogen-bond acceptors (Lipinski definition) is 6. The summed E-state index contributed by atoms with van der Waals surface area (Å²) in [7, 11) is 0. The molecule has 0 atom stereocenters. The van der Waals surface area contributed by atoms with Crippen molar-refractivity contribution in [3.05, 3.63) is 75.4 Å². The SMILES string of the molecule is O=c1[nH]c2ccccc2c(=O)n1CCCSc1nnnn1-c1ccccc1. The number of nitrogens with one attached hydrogen (secondary N) is 1. The Bertz CT molecular complexity index is 1180. The topological polar surface area (TPSA) is 98.5 Å². The van der Waals surface area contributed by atoms with Crippen molar-refractivity contribution in [3.63, 3.8) is 0 Å². The van der Waals surface area contributed by atoms with Crippen LogP contribution in [0.25, 0.3) is 16.6 Å². The van der Waals surface area contributed by atoms with E-state index in [0.717, 1.165) is 5.69 Å². The minimum absolute atomic E-state index is 0.270. The highest BCUT2D eigenvalue weighted by molar-refractivity contribution is 7.99. The number of H-pyrrole nitrogens is 1. The van der Waals surface area contributed by atoms with E-state index in [-0.39, 0.29) is 5.56 Å². The molecule has 0 amide bonds. The maximum Gasteiger partial charge on any atom is 0.328 e. The molecule has 0 saturated carbocycles. The summed E-state index contributed by atoms with van der Waals surface area (Å²) in [6, 6.07) is 16.6. The van der Waals surface area contributed by atoms with Crippen LogP contribution in [-0.2, 0) is 6.54 Å². The van der Waals surface area contributed by atoms with E-state index in [0.29, 0.717) is 34.8 Å². The average Bonchev–Trinajstić information content (AvgIpc) is 3.16. The van der Waals surface area contributed by atoms with Crippen molar-refractivity contribution in [1.82, 2.24) is 29.8 Å². The van der Waals surface area contributed by atoms with Gasteiger partial charge in [-0.25, -0.2) is 4.79 Å². The molecule has 1 N–H and O–H groups in total. The molecule has 136 valence electrons. The van der Waals surface area contributed by atoms with Gasteiger partial charge in [0, 0.05) is 12.3 Å². The predicted octanol–water partition coefficient (Wildman–Crippen LogP) is 1.85. The summed E-state index contributed by atoms with van der Waals surface area (Å²) < 4.78 is 2.91. The summed E-state index contributed by atoms with van der Waals surface area (Å²) in [5, 5.41) is 13.0. The van der Waals surface area contributed by atoms with Gasteiger partial charge in [-0.1, -0.05) is 42.1 Å². The Kier molecular flexibility index (Phi) is 4.84. The fourth-order valence-electron chi connectivity index (χ4n) is 2.79. The number of tetrazole rings is 1. The van der Waals surface area contributed by atoms with E-state index in [2.05, 4.69) is 20.5 Å². The van der Waals surface area contributed by atoms with Crippen LogP contribution in [0.4, 0.5) is 0 Å². The van der Waals surface area contributed by atoms with Gasteiger partial charge in [-0.15, -0.1) is 5.10 Å². The Hall–Kier alpha value is -3.20. The minimum Gasteiger partial charge on any atom is -0.307 e. The molecule has 2 aromatic heterocycles. The van der Waals surface area contributed by atoms with E-state index in [1.165, 1.54) is 16.3 Å². The second-order valence-electron chi connectivity index (χ2n) is 5.84. The van der Waals surface area contributed by atoms with Crippen molar-refractivity contribution < 1.29 is 0 Å². The lowest BCUT2D eigenvalue weighted by atomic mass is 10.2. The number of fused-ring (bicyclic) bond motifs is 1. The predicted molar refractivity (Wildman–Crippen MR) is 103 cm³/mol. The summed E-state index contributed by atoms with van der Waals surface area (Å²) in [5.41, 5.74) is 0.777. The lowest BCUT2D eigenvalue weighted by Crippen LogP contribution is -2.35. The van der Waals surface area contributed by atoms with Crippen LogP contribution in [0.1, 0.15) is 6.42 Å². The van der Waals surface area contributed by atoms with Gasteiger partial charge in [-0.3, -0.25) is 9.36 Å². The fourth-order valence-corrected chi connectivity index (χ4v) is 3.60. The Labute approximate surface area is 157 Å². The van der Waals surface area contributed by atoms with Crippen LogP contribution in [-0.4, -0.2) is 35.5 Å². The van der Waals surface area contributed by atoms with Gasteiger partial charge in [-0.05, 0) is 41.1 Å². The summed E-state index contributed by atoms with van der Waals surface area (Å²) in [6.07, 6.45) is 0.633. The number of aromatic nitrogens is 6. The molecule has 0 radical (unpaired) electrons. The number of hydrogen-bond donors (Lipinski definition) is 1. The summed E-state index contributed by atoms with van der Waals surface area (Å²) >= 11 is 1.48. The molecule has 9 heteroatoms. The van der Waals surface area contributed by atoms with Crippen LogP contribution in [0.2, 0.25) is 0 Å². The molecule has 0 fully saturated rings. The zero-order valence-electron chi connectivity index (χ0n) is 14.3. The number of para-hydroxylation sites is 2. The molecule has 0 aliphatic rings. The van der Waals surface area contributed by atoms with Crippen molar-refractivity contribution in [2.45, 2.75) is 18.1 Å². The second-order valence-corrected chi connectivity index (χ2v) is 6.91. The van der Waals surface area contributed by atoms with E-state index in [1.807, 2.05) is 30.3 Å². The molecule has 0 aliphatic heterocycles. The zero-order valence-corrected chi connectivity index (χ0v) is 15.1. The van der Waals surface area contributed by atoms with Crippen molar-refractivity contribution in [2.24, 2.45) is 0 Å². The summed E-state index contributed by atoms with van der Waals surface area (Å²) in [5.74, 6) is 0.673. The molecule has 4 rings (SSSR count). The van der Waals surface area contributed by atoms with Gasteiger partial charge in [0.2, 0.25) is 5.16 Å².